The van der Waals surface area contributed by atoms with Crippen LogP contribution in [-0.4, -0.2) is 18.1 Å². The molecule has 0 fully saturated rings. The standard InChI is InChI=1S/C15H15NO4/c1-10-8-12(17)13(14(16-10)19-2)15(18)20-9-11-6-4-3-5-7-11/h3-8H,9H2,1-2H3,(H,16,17). The summed E-state index contributed by atoms with van der Waals surface area (Å²) in [6, 6.07) is 10.6. The number of hydrogen-bond acceptors (Lipinski definition) is 4. The topological polar surface area (TPSA) is 68.4 Å². The lowest BCUT2D eigenvalue weighted by atomic mass is 10.2. The molecule has 0 amide bonds. The molecule has 1 N–H and O–H groups in total. The fraction of sp³-hybridized carbons (Fsp3) is 0.200. The highest BCUT2D eigenvalue weighted by Crippen LogP contribution is 2.13. The highest BCUT2D eigenvalue weighted by atomic mass is 16.5. The van der Waals surface area contributed by atoms with Crippen LogP contribution in [0, 0.1) is 6.92 Å². The summed E-state index contributed by atoms with van der Waals surface area (Å²) in [4.78, 5) is 26.7. The van der Waals surface area contributed by atoms with Crippen molar-refractivity contribution in [3.63, 3.8) is 0 Å². The first-order valence-electron chi connectivity index (χ1n) is 6.11. The monoisotopic (exact) mass is 273 g/mol. The van der Waals surface area contributed by atoms with Gasteiger partial charge < -0.3 is 14.5 Å². The summed E-state index contributed by atoms with van der Waals surface area (Å²) in [5.41, 5.74) is 0.931. The minimum Gasteiger partial charge on any atom is -0.482 e. The van der Waals surface area contributed by atoms with Crippen molar-refractivity contribution < 1.29 is 14.3 Å². The van der Waals surface area contributed by atoms with Crippen LogP contribution in [0.5, 0.6) is 5.88 Å². The average molecular weight is 273 g/mol. The van der Waals surface area contributed by atoms with Gasteiger partial charge in [-0.1, -0.05) is 30.3 Å². The highest BCUT2D eigenvalue weighted by Gasteiger charge is 2.19. The molecule has 0 aliphatic rings. The molecule has 0 saturated heterocycles. The number of aromatic amines is 1. The molecular weight excluding hydrogens is 258 g/mol. The first-order chi connectivity index (χ1) is 9.61. The van der Waals surface area contributed by atoms with Crippen LogP contribution in [0.1, 0.15) is 21.6 Å². The average Bonchev–Trinajstić information content (AvgIpc) is 2.45. The van der Waals surface area contributed by atoms with Gasteiger partial charge >= 0.3 is 5.97 Å². The van der Waals surface area contributed by atoms with Crippen molar-refractivity contribution >= 4 is 5.97 Å². The Morgan fingerprint density at radius 3 is 2.60 bits per heavy atom. The summed E-state index contributed by atoms with van der Waals surface area (Å²) in [6.45, 7) is 1.82. The second kappa shape index (κ2) is 6.06. The number of carbonyl (C=O) groups excluding carboxylic acids is 1. The largest absolute Gasteiger partial charge is 0.482 e. The number of aromatic nitrogens is 1. The third kappa shape index (κ3) is 3.06. The summed E-state index contributed by atoms with van der Waals surface area (Å²) in [5.74, 6) is -0.583. The summed E-state index contributed by atoms with van der Waals surface area (Å²) in [6.07, 6.45) is 0. The first kappa shape index (κ1) is 13.9. The van der Waals surface area contributed by atoms with E-state index in [9.17, 15) is 9.59 Å². The summed E-state index contributed by atoms with van der Waals surface area (Å²) in [7, 11) is 1.39. The Kier molecular flexibility index (Phi) is 4.20. The van der Waals surface area contributed by atoms with Crippen molar-refractivity contribution in [2.45, 2.75) is 13.5 Å². The number of hydrogen-bond donors (Lipinski definition) is 1. The summed E-state index contributed by atoms with van der Waals surface area (Å²) < 4.78 is 10.2. The van der Waals surface area contributed by atoms with Crippen LogP contribution < -0.4 is 10.2 Å². The number of methoxy groups -OCH3 is 1. The molecule has 1 aromatic carbocycles. The molecule has 0 atom stereocenters. The van der Waals surface area contributed by atoms with Gasteiger partial charge in [-0.2, -0.15) is 0 Å². The molecule has 104 valence electrons. The number of carbonyl (C=O) groups is 1. The second-order valence-corrected chi connectivity index (χ2v) is 4.29. The number of ether oxygens (including phenoxy) is 2. The third-order valence-electron chi connectivity index (χ3n) is 2.75. The lowest BCUT2D eigenvalue weighted by Crippen LogP contribution is -2.19. The Morgan fingerprint density at radius 2 is 1.95 bits per heavy atom. The van der Waals surface area contributed by atoms with Crippen molar-refractivity contribution in [2.24, 2.45) is 0 Å². The van der Waals surface area contributed by atoms with E-state index < -0.39 is 11.4 Å². The van der Waals surface area contributed by atoms with E-state index in [0.717, 1.165) is 5.56 Å². The van der Waals surface area contributed by atoms with Crippen molar-refractivity contribution in [3.05, 3.63) is 63.4 Å². The fourth-order valence-electron chi connectivity index (χ4n) is 1.80. The minimum absolute atomic E-state index is 0.107. The molecule has 0 radical (unpaired) electrons. The molecule has 0 bridgehead atoms. The van der Waals surface area contributed by atoms with Gasteiger partial charge in [-0.3, -0.25) is 4.79 Å². The van der Waals surface area contributed by atoms with E-state index in [1.165, 1.54) is 13.2 Å². The Hall–Kier alpha value is -2.56. The van der Waals surface area contributed by atoms with Crippen molar-refractivity contribution in [2.75, 3.05) is 7.11 Å². The van der Waals surface area contributed by atoms with Crippen LogP contribution in [0.2, 0.25) is 0 Å². The van der Waals surface area contributed by atoms with Gasteiger partial charge in [0.15, 0.2) is 11.0 Å². The number of pyridine rings is 1. The molecule has 0 aliphatic carbocycles. The van der Waals surface area contributed by atoms with Gasteiger partial charge in [0, 0.05) is 11.8 Å². The van der Waals surface area contributed by atoms with Crippen LogP contribution in [0.4, 0.5) is 0 Å². The van der Waals surface area contributed by atoms with Crippen LogP contribution in [0.15, 0.2) is 41.2 Å². The fourth-order valence-corrected chi connectivity index (χ4v) is 1.80. The summed E-state index contributed by atoms with van der Waals surface area (Å²) in [5, 5.41) is 0. The van der Waals surface area contributed by atoms with Crippen molar-refractivity contribution in [3.8, 4) is 5.88 Å². The second-order valence-electron chi connectivity index (χ2n) is 4.29. The van der Waals surface area contributed by atoms with E-state index in [1.54, 1.807) is 6.92 Å². The Bertz CT molecular complexity index is 661. The number of aryl methyl sites for hydroxylation is 1. The number of benzene rings is 1. The Morgan fingerprint density at radius 1 is 1.25 bits per heavy atom. The highest BCUT2D eigenvalue weighted by molar-refractivity contribution is 5.91. The zero-order valence-electron chi connectivity index (χ0n) is 11.3. The van der Waals surface area contributed by atoms with E-state index in [1.807, 2.05) is 30.3 Å². The first-order valence-corrected chi connectivity index (χ1v) is 6.11. The van der Waals surface area contributed by atoms with Gasteiger partial charge in [-0.25, -0.2) is 4.79 Å². The van der Waals surface area contributed by atoms with Crippen LogP contribution >= 0.6 is 0 Å². The molecule has 1 aromatic heterocycles. The zero-order valence-corrected chi connectivity index (χ0v) is 11.3. The molecule has 0 unspecified atom stereocenters. The van der Waals surface area contributed by atoms with Crippen molar-refractivity contribution in [1.29, 1.82) is 0 Å². The lowest BCUT2D eigenvalue weighted by Gasteiger charge is -2.09. The van der Waals surface area contributed by atoms with Crippen LogP contribution in [0.3, 0.4) is 0 Å². The van der Waals surface area contributed by atoms with E-state index in [2.05, 4.69) is 4.98 Å². The maximum atomic E-state index is 12.0. The van der Waals surface area contributed by atoms with Crippen LogP contribution in [0.25, 0.3) is 0 Å². The normalized spacial score (nSPS) is 10.1. The van der Waals surface area contributed by atoms with E-state index in [0.29, 0.717) is 5.69 Å². The van der Waals surface area contributed by atoms with Gasteiger partial charge in [0.2, 0.25) is 5.88 Å². The maximum absolute atomic E-state index is 12.0. The van der Waals surface area contributed by atoms with E-state index >= 15 is 0 Å². The smallest absolute Gasteiger partial charge is 0.347 e. The molecule has 2 aromatic rings. The molecule has 2 rings (SSSR count). The van der Waals surface area contributed by atoms with Gasteiger partial charge in [-0.15, -0.1) is 0 Å². The molecular formula is C15H15NO4. The number of esters is 1. The Balaban J connectivity index is 2.19. The summed E-state index contributed by atoms with van der Waals surface area (Å²) >= 11 is 0. The predicted octanol–water partition coefficient (Wildman–Crippen LogP) is 2.05. The molecule has 0 spiro atoms. The van der Waals surface area contributed by atoms with E-state index in [4.69, 9.17) is 9.47 Å². The molecule has 0 saturated carbocycles. The Labute approximate surface area is 116 Å². The van der Waals surface area contributed by atoms with E-state index in [-0.39, 0.29) is 18.1 Å². The molecule has 1 heterocycles. The third-order valence-corrected chi connectivity index (χ3v) is 2.75. The quantitative estimate of drug-likeness (QED) is 0.866. The number of H-pyrrole nitrogens is 1. The van der Waals surface area contributed by atoms with Crippen molar-refractivity contribution in [1.82, 2.24) is 4.98 Å². The SMILES string of the molecule is COc1[nH]c(C)cc(=O)c1C(=O)OCc1ccccc1. The predicted molar refractivity (Wildman–Crippen MR) is 73.9 cm³/mol. The number of nitrogens with one attached hydrogen (secondary N) is 1. The number of rotatable bonds is 4. The molecule has 5 nitrogen and oxygen atoms in total. The van der Waals surface area contributed by atoms with Crippen LogP contribution in [-0.2, 0) is 11.3 Å². The lowest BCUT2D eigenvalue weighted by molar-refractivity contribution is 0.0466. The minimum atomic E-state index is -0.702. The molecule has 5 heteroatoms. The van der Waals surface area contributed by atoms with Gasteiger partial charge in [0.25, 0.3) is 0 Å². The maximum Gasteiger partial charge on any atom is 0.347 e. The van der Waals surface area contributed by atoms with Gasteiger partial charge in [0.05, 0.1) is 7.11 Å². The van der Waals surface area contributed by atoms with Gasteiger partial charge in [0.1, 0.15) is 6.61 Å². The molecule has 0 aliphatic heterocycles. The van der Waals surface area contributed by atoms with Gasteiger partial charge in [-0.05, 0) is 12.5 Å². The molecule has 20 heavy (non-hydrogen) atoms. The zero-order chi connectivity index (χ0) is 14.5.